The summed E-state index contributed by atoms with van der Waals surface area (Å²) in [6.07, 6.45) is 2.15. The summed E-state index contributed by atoms with van der Waals surface area (Å²) in [5.74, 6) is -0.533. The molecule has 1 aliphatic rings. The average Bonchev–Trinajstić information content (AvgIpc) is 2.73. The van der Waals surface area contributed by atoms with E-state index >= 15 is 0 Å². The number of hydrogen-bond donors (Lipinski definition) is 2. The lowest BCUT2D eigenvalue weighted by Gasteiger charge is -2.20. The van der Waals surface area contributed by atoms with Gasteiger partial charge in [-0.3, -0.25) is 19.5 Å². The highest BCUT2D eigenvalue weighted by Gasteiger charge is 2.31. The number of aryl methyl sites for hydroxylation is 1. The quantitative estimate of drug-likeness (QED) is 0.437. The lowest BCUT2D eigenvalue weighted by molar-refractivity contribution is -0.385. The van der Waals surface area contributed by atoms with E-state index < -0.39 is 36.8 Å². The van der Waals surface area contributed by atoms with Crippen LogP contribution in [-0.4, -0.2) is 33.8 Å². The first-order valence-electron chi connectivity index (χ1n) is 9.71. The Balaban J connectivity index is 1.94. The van der Waals surface area contributed by atoms with Crippen LogP contribution in [0.3, 0.4) is 0 Å². The van der Waals surface area contributed by atoms with Gasteiger partial charge in [-0.25, -0.2) is 4.98 Å². The zero-order valence-corrected chi connectivity index (χ0v) is 18.0. The average molecular weight is 457 g/mol. The largest absolute Gasteiger partial charge is 0.506 e. The highest BCUT2D eigenvalue weighted by molar-refractivity contribution is 7.90. The van der Waals surface area contributed by atoms with E-state index in [1.807, 2.05) is 13.8 Å². The second-order valence-electron chi connectivity index (χ2n) is 7.72. The third kappa shape index (κ3) is 3.58. The maximum atomic E-state index is 13.3. The highest BCUT2D eigenvalue weighted by Crippen LogP contribution is 2.34. The lowest BCUT2D eigenvalue weighted by atomic mass is 10.1. The Morgan fingerprint density at radius 2 is 2.03 bits per heavy atom. The van der Waals surface area contributed by atoms with Gasteiger partial charge in [0.1, 0.15) is 21.9 Å². The zero-order valence-electron chi connectivity index (χ0n) is 17.1. The summed E-state index contributed by atoms with van der Waals surface area (Å²) in [6.45, 7) is 4.30. The molecule has 0 spiro atoms. The minimum Gasteiger partial charge on any atom is -0.506 e. The fourth-order valence-electron chi connectivity index (χ4n) is 3.44. The molecule has 0 saturated heterocycles. The molecule has 1 aliphatic heterocycles. The number of amidine groups is 1. The van der Waals surface area contributed by atoms with Crippen molar-refractivity contribution in [1.82, 2.24) is 9.55 Å². The van der Waals surface area contributed by atoms with Gasteiger partial charge in [0.15, 0.2) is 5.84 Å². The fraction of sp³-hybridized carbons (Fsp3) is 0.250. The van der Waals surface area contributed by atoms with Gasteiger partial charge in [0.25, 0.3) is 21.3 Å². The molecule has 1 aromatic carbocycles. The second-order valence-corrected chi connectivity index (χ2v) is 9.29. The molecule has 0 aliphatic carbocycles. The molecular weight excluding hydrogens is 438 g/mol. The molecule has 3 heterocycles. The van der Waals surface area contributed by atoms with Crippen LogP contribution in [0.4, 0.5) is 11.4 Å². The molecule has 11 nitrogen and oxygen atoms in total. The van der Waals surface area contributed by atoms with Crippen molar-refractivity contribution in [2.24, 2.45) is 10.3 Å². The number of aromatic nitrogens is 2. The number of benzene rings is 1. The summed E-state index contributed by atoms with van der Waals surface area (Å²) in [6, 6.07) is 6.40. The summed E-state index contributed by atoms with van der Waals surface area (Å²) in [5.41, 5.74) is -1.10. The Morgan fingerprint density at radius 1 is 1.28 bits per heavy atom. The van der Waals surface area contributed by atoms with Crippen molar-refractivity contribution in [3.05, 3.63) is 62.6 Å². The van der Waals surface area contributed by atoms with Crippen LogP contribution in [0.15, 0.2) is 50.6 Å². The monoisotopic (exact) mass is 457 g/mol. The normalized spacial score (nSPS) is 14.7. The molecule has 0 saturated carbocycles. The van der Waals surface area contributed by atoms with Crippen LogP contribution in [0.1, 0.15) is 25.8 Å². The molecule has 0 radical (unpaired) electrons. The molecule has 2 aromatic heterocycles. The van der Waals surface area contributed by atoms with Gasteiger partial charge in [-0.1, -0.05) is 13.8 Å². The Hall–Kier alpha value is -3.80. The number of non-ortho nitro benzene ring substituents is 1. The topological polar surface area (TPSA) is 157 Å². The number of nitrogens with zero attached hydrogens (tertiary/aromatic N) is 4. The molecule has 32 heavy (non-hydrogen) atoms. The van der Waals surface area contributed by atoms with Gasteiger partial charge in [0.2, 0.25) is 0 Å². The van der Waals surface area contributed by atoms with Crippen molar-refractivity contribution >= 4 is 38.3 Å². The standard InChI is InChI=1S/C20H19N5O6S/c1-11(2)7-9-24-19-13(4-3-8-21-19)17(26)16(20(24)27)18-22-14-6-5-12(25(28)29)10-15(14)32(30,31)23-18/h3-6,8,10-11,26H,7,9H2,1-2H3,(H,22,23). The van der Waals surface area contributed by atoms with Crippen LogP contribution in [0.2, 0.25) is 0 Å². The number of hydrogen-bond acceptors (Lipinski definition) is 8. The Bertz CT molecular complexity index is 1460. The number of anilines is 1. The van der Waals surface area contributed by atoms with Crippen molar-refractivity contribution in [2.45, 2.75) is 31.7 Å². The Kier molecular flexibility index (Phi) is 5.17. The van der Waals surface area contributed by atoms with E-state index in [4.69, 9.17) is 0 Å². The van der Waals surface area contributed by atoms with Crippen molar-refractivity contribution in [3.63, 3.8) is 0 Å². The molecule has 0 unspecified atom stereocenters. The lowest BCUT2D eigenvalue weighted by Crippen LogP contribution is -2.33. The van der Waals surface area contributed by atoms with Gasteiger partial charge in [-0.15, -0.1) is 4.40 Å². The number of fused-ring (bicyclic) bond motifs is 2. The van der Waals surface area contributed by atoms with E-state index in [2.05, 4.69) is 14.7 Å². The zero-order chi connectivity index (χ0) is 23.2. The third-order valence-corrected chi connectivity index (χ3v) is 6.40. The maximum absolute atomic E-state index is 13.3. The second kappa shape index (κ2) is 7.71. The first-order chi connectivity index (χ1) is 15.1. The molecule has 4 rings (SSSR count). The van der Waals surface area contributed by atoms with E-state index in [-0.39, 0.29) is 34.0 Å². The van der Waals surface area contributed by atoms with Crippen LogP contribution < -0.4 is 10.9 Å². The predicted octanol–water partition coefficient (Wildman–Crippen LogP) is 2.62. The molecule has 0 bridgehead atoms. The van der Waals surface area contributed by atoms with Crippen LogP contribution in [0.25, 0.3) is 11.0 Å². The summed E-state index contributed by atoms with van der Waals surface area (Å²) >= 11 is 0. The first-order valence-corrected chi connectivity index (χ1v) is 11.2. The highest BCUT2D eigenvalue weighted by atomic mass is 32.2. The van der Waals surface area contributed by atoms with Gasteiger partial charge in [0, 0.05) is 24.9 Å². The minimum absolute atomic E-state index is 0.0133. The Morgan fingerprint density at radius 3 is 2.72 bits per heavy atom. The van der Waals surface area contributed by atoms with Gasteiger partial charge >= 0.3 is 0 Å². The van der Waals surface area contributed by atoms with Crippen LogP contribution >= 0.6 is 0 Å². The van der Waals surface area contributed by atoms with E-state index in [9.17, 15) is 28.4 Å². The number of nitrogens with one attached hydrogen (secondary N) is 1. The van der Waals surface area contributed by atoms with Crippen molar-refractivity contribution in [1.29, 1.82) is 0 Å². The smallest absolute Gasteiger partial charge is 0.286 e. The van der Waals surface area contributed by atoms with Crippen molar-refractivity contribution < 1.29 is 18.4 Å². The molecular formula is C20H19N5O6S. The summed E-state index contributed by atoms with van der Waals surface area (Å²) in [7, 11) is -4.37. The molecule has 166 valence electrons. The number of nitro groups is 1. The van der Waals surface area contributed by atoms with Crippen molar-refractivity contribution in [2.75, 3.05) is 5.32 Å². The molecule has 2 N–H and O–H groups in total. The number of nitro benzene ring substituents is 1. The minimum atomic E-state index is -4.37. The number of aromatic hydroxyl groups is 1. The maximum Gasteiger partial charge on any atom is 0.286 e. The molecule has 12 heteroatoms. The molecule has 0 atom stereocenters. The predicted molar refractivity (Wildman–Crippen MR) is 118 cm³/mol. The number of rotatable bonds is 5. The summed E-state index contributed by atoms with van der Waals surface area (Å²) in [4.78, 5) is 27.5. The Labute approximate surface area is 182 Å². The van der Waals surface area contributed by atoms with Crippen LogP contribution in [0.5, 0.6) is 5.75 Å². The fourth-order valence-corrected chi connectivity index (χ4v) is 4.58. The number of pyridine rings is 2. The first kappa shape index (κ1) is 21.4. The van der Waals surface area contributed by atoms with E-state index in [1.165, 1.54) is 16.8 Å². The summed E-state index contributed by atoms with van der Waals surface area (Å²) < 4.78 is 30.6. The molecule has 3 aromatic rings. The van der Waals surface area contributed by atoms with Gasteiger partial charge < -0.3 is 10.4 Å². The number of sulfonamides is 1. The van der Waals surface area contributed by atoms with Gasteiger partial charge in [-0.05, 0) is 30.5 Å². The van der Waals surface area contributed by atoms with Crippen LogP contribution in [-0.2, 0) is 16.6 Å². The van der Waals surface area contributed by atoms with Crippen LogP contribution in [0, 0.1) is 16.0 Å². The molecule has 0 fully saturated rings. The van der Waals surface area contributed by atoms with E-state index in [1.54, 1.807) is 12.1 Å². The van der Waals surface area contributed by atoms with Crippen molar-refractivity contribution in [3.8, 4) is 5.75 Å². The SMILES string of the molecule is CC(C)CCn1c(=O)c(C2=NS(=O)(=O)c3cc([N+](=O)[O-])ccc3N2)c(O)c2cccnc21. The molecule has 0 amide bonds. The van der Waals surface area contributed by atoms with E-state index in [0.717, 1.165) is 12.1 Å². The summed E-state index contributed by atoms with van der Waals surface area (Å²) in [5, 5.41) is 24.9. The van der Waals surface area contributed by atoms with Gasteiger partial charge in [-0.2, -0.15) is 8.42 Å². The van der Waals surface area contributed by atoms with E-state index in [0.29, 0.717) is 13.0 Å². The third-order valence-electron chi connectivity index (χ3n) is 5.08. The van der Waals surface area contributed by atoms with Gasteiger partial charge in [0.05, 0.1) is 16.0 Å².